The molecule has 1 atom stereocenters. The molecule has 1 aromatic rings. The number of hydrogen-bond acceptors (Lipinski definition) is 1. The lowest BCUT2D eigenvalue weighted by atomic mass is 9.86. The van der Waals surface area contributed by atoms with Crippen molar-refractivity contribution < 1.29 is 4.79 Å². The predicted molar refractivity (Wildman–Crippen MR) is 69.7 cm³/mol. The number of nitrogens with one attached hydrogen (secondary N) is 1. The molecule has 0 bridgehead atoms. The standard InChI is InChI=1S/C15H21NO/c1-15(2,3)14(17)16-13-10-6-8-11-7-4-5-9-12(11)13/h4-5,7,9,13H,6,8,10H2,1-3H3,(H,16,17)/t13-/m1/s1. The molecule has 2 nitrogen and oxygen atoms in total. The molecule has 0 heterocycles. The second-order valence-corrected chi connectivity index (χ2v) is 5.87. The molecule has 0 unspecified atom stereocenters. The van der Waals surface area contributed by atoms with Crippen LogP contribution >= 0.6 is 0 Å². The van der Waals surface area contributed by atoms with Gasteiger partial charge >= 0.3 is 0 Å². The highest BCUT2D eigenvalue weighted by Gasteiger charge is 2.27. The summed E-state index contributed by atoms with van der Waals surface area (Å²) in [4.78, 5) is 12.0. The quantitative estimate of drug-likeness (QED) is 0.790. The average molecular weight is 231 g/mol. The van der Waals surface area contributed by atoms with Crippen molar-refractivity contribution in [1.82, 2.24) is 5.32 Å². The van der Waals surface area contributed by atoms with Gasteiger partial charge in [0, 0.05) is 5.41 Å². The Morgan fingerprint density at radius 1 is 1.29 bits per heavy atom. The molecule has 0 radical (unpaired) electrons. The highest BCUT2D eigenvalue weighted by atomic mass is 16.2. The van der Waals surface area contributed by atoms with Gasteiger partial charge in [-0.3, -0.25) is 4.79 Å². The molecule has 1 amide bonds. The fourth-order valence-electron chi connectivity index (χ4n) is 2.28. The third kappa shape index (κ3) is 2.68. The van der Waals surface area contributed by atoms with Crippen LogP contribution in [0.4, 0.5) is 0 Å². The topological polar surface area (TPSA) is 29.1 Å². The van der Waals surface area contributed by atoms with Crippen molar-refractivity contribution in [3.63, 3.8) is 0 Å². The maximum Gasteiger partial charge on any atom is 0.225 e. The van der Waals surface area contributed by atoms with Crippen molar-refractivity contribution in [3.8, 4) is 0 Å². The summed E-state index contributed by atoms with van der Waals surface area (Å²) in [5, 5.41) is 3.18. The van der Waals surface area contributed by atoms with Gasteiger partial charge in [-0.1, -0.05) is 45.0 Å². The van der Waals surface area contributed by atoms with Crippen LogP contribution in [0.25, 0.3) is 0 Å². The maximum atomic E-state index is 12.0. The lowest BCUT2D eigenvalue weighted by Crippen LogP contribution is -2.38. The Labute approximate surface area is 103 Å². The molecule has 2 rings (SSSR count). The molecule has 1 aromatic carbocycles. The summed E-state index contributed by atoms with van der Waals surface area (Å²) < 4.78 is 0. The summed E-state index contributed by atoms with van der Waals surface area (Å²) in [5.41, 5.74) is 2.38. The molecule has 92 valence electrons. The summed E-state index contributed by atoms with van der Waals surface area (Å²) in [6, 6.07) is 8.65. The van der Waals surface area contributed by atoms with Crippen molar-refractivity contribution in [2.75, 3.05) is 0 Å². The van der Waals surface area contributed by atoms with E-state index in [2.05, 4.69) is 29.6 Å². The van der Waals surface area contributed by atoms with Crippen LogP contribution in [-0.2, 0) is 11.2 Å². The lowest BCUT2D eigenvalue weighted by Gasteiger charge is -2.29. The fraction of sp³-hybridized carbons (Fsp3) is 0.533. The van der Waals surface area contributed by atoms with E-state index in [0.717, 1.165) is 19.3 Å². The van der Waals surface area contributed by atoms with E-state index in [1.54, 1.807) is 0 Å². The van der Waals surface area contributed by atoms with Crippen LogP contribution in [-0.4, -0.2) is 5.91 Å². The van der Waals surface area contributed by atoms with Gasteiger partial charge in [0.05, 0.1) is 6.04 Å². The van der Waals surface area contributed by atoms with Crippen LogP contribution < -0.4 is 5.32 Å². The van der Waals surface area contributed by atoms with E-state index in [4.69, 9.17) is 0 Å². The fourth-order valence-corrected chi connectivity index (χ4v) is 2.28. The van der Waals surface area contributed by atoms with Gasteiger partial charge in [0.15, 0.2) is 0 Å². The van der Waals surface area contributed by atoms with Gasteiger partial charge in [-0.2, -0.15) is 0 Å². The van der Waals surface area contributed by atoms with Gasteiger partial charge in [0.2, 0.25) is 5.91 Å². The molecule has 17 heavy (non-hydrogen) atoms. The Hall–Kier alpha value is -1.31. The summed E-state index contributed by atoms with van der Waals surface area (Å²) >= 11 is 0. The number of aryl methyl sites for hydroxylation is 1. The minimum Gasteiger partial charge on any atom is -0.349 e. The van der Waals surface area contributed by atoms with E-state index >= 15 is 0 Å². The second-order valence-electron chi connectivity index (χ2n) is 5.87. The predicted octanol–water partition coefficient (Wildman–Crippen LogP) is 3.23. The zero-order valence-electron chi connectivity index (χ0n) is 10.9. The van der Waals surface area contributed by atoms with Crippen molar-refractivity contribution in [3.05, 3.63) is 35.4 Å². The van der Waals surface area contributed by atoms with Gasteiger partial charge in [-0.05, 0) is 30.4 Å². The molecule has 0 aliphatic heterocycles. The number of hydrogen-bond donors (Lipinski definition) is 1. The molecule has 0 fully saturated rings. The summed E-state index contributed by atoms with van der Waals surface area (Å²) in [6.07, 6.45) is 3.35. The number of benzene rings is 1. The highest BCUT2D eigenvalue weighted by Crippen LogP contribution is 2.30. The third-order valence-corrected chi connectivity index (χ3v) is 3.36. The molecule has 1 aliphatic rings. The maximum absolute atomic E-state index is 12.0. The van der Waals surface area contributed by atoms with E-state index < -0.39 is 0 Å². The average Bonchev–Trinajstić information content (AvgIpc) is 2.28. The van der Waals surface area contributed by atoms with E-state index in [9.17, 15) is 4.79 Å². The monoisotopic (exact) mass is 231 g/mol. The van der Waals surface area contributed by atoms with E-state index in [-0.39, 0.29) is 17.4 Å². The Balaban J connectivity index is 2.17. The number of carbonyl (C=O) groups is 1. The van der Waals surface area contributed by atoms with Gasteiger partial charge in [0.25, 0.3) is 0 Å². The SMILES string of the molecule is CC(C)(C)C(=O)N[C@@H]1CCCc2ccccc21. The zero-order chi connectivity index (χ0) is 12.5. The summed E-state index contributed by atoms with van der Waals surface area (Å²) in [5.74, 6) is 0.138. The molecule has 0 saturated heterocycles. The van der Waals surface area contributed by atoms with Crippen molar-refractivity contribution in [2.45, 2.75) is 46.1 Å². The van der Waals surface area contributed by atoms with Crippen molar-refractivity contribution in [1.29, 1.82) is 0 Å². The van der Waals surface area contributed by atoms with Gasteiger partial charge in [-0.25, -0.2) is 0 Å². The molecular weight excluding hydrogens is 210 g/mol. The summed E-state index contributed by atoms with van der Waals surface area (Å²) in [6.45, 7) is 5.87. The first-order valence-electron chi connectivity index (χ1n) is 6.37. The van der Waals surface area contributed by atoms with Crippen molar-refractivity contribution in [2.24, 2.45) is 5.41 Å². The summed E-state index contributed by atoms with van der Waals surface area (Å²) in [7, 11) is 0. The zero-order valence-corrected chi connectivity index (χ0v) is 10.9. The molecule has 2 heteroatoms. The van der Waals surface area contributed by atoms with Crippen molar-refractivity contribution >= 4 is 5.91 Å². The number of amides is 1. The molecule has 0 spiro atoms. The number of carbonyl (C=O) groups excluding carboxylic acids is 1. The smallest absolute Gasteiger partial charge is 0.225 e. The molecule has 1 N–H and O–H groups in total. The van der Waals surface area contributed by atoms with Crippen LogP contribution in [0.2, 0.25) is 0 Å². The number of fused-ring (bicyclic) bond motifs is 1. The van der Waals surface area contributed by atoms with E-state index in [0.29, 0.717) is 0 Å². The Morgan fingerprint density at radius 3 is 2.71 bits per heavy atom. The van der Waals surface area contributed by atoms with Crippen LogP contribution in [0.1, 0.15) is 50.8 Å². The molecule has 0 saturated carbocycles. The van der Waals surface area contributed by atoms with Gasteiger partial charge < -0.3 is 5.32 Å². The van der Waals surface area contributed by atoms with Crippen LogP contribution in [0.15, 0.2) is 24.3 Å². The van der Waals surface area contributed by atoms with E-state index in [1.165, 1.54) is 11.1 Å². The minimum atomic E-state index is -0.313. The van der Waals surface area contributed by atoms with Gasteiger partial charge in [-0.15, -0.1) is 0 Å². The Bertz CT molecular complexity index is 417. The minimum absolute atomic E-state index is 0.138. The first kappa shape index (κ1) is 12.2. The first-order valence-corrected chi connectivity index (χ1v) is 6.37. The van der Waals surface area contributed by atoms with Gasteiger partial charge in [0.1, 0.15) is 0 Å². The first-order chi connectivity index (χ1) is 7.98. The van der Waals surface area contributed by atoms with E-state index in [1.807, 2.05) is 20.8 Å². The van der Waals surface area contributed by atoms with Crippen LogP contribution in [0.5, 0.6) is 0 Å². The Kier molecular flexibility index (Phi) is 3.23. The molecule has 0 aromatic heterocycles. The largest absolute Gasteiger partial charge is 0.349 e. The lowest BCUT2D eigenvalue weighted by molar-refractivity contribution is -0.129. The third-order valence-electron chi connectivity index (χ3n) is 3.36. The van der Waals surface area contributed by atoms with Crippen LogP contribution in [0.3, 0.4) is 0 Å². The number of rotatable bonds is 1. The molecule has 1 aliphatic carbocycles. The Morgan fingerprint density at radius 2 is 2.00 bits per heavy atom. The normalized spacial score (nSPS) is 19.6. The molecular formula is C15H21NO. The second kappa shape index (κ2) is 4.52. The van der Waals surface area contributed by atoms with Crippen LogP contribution in [0, 0.1) is 5.41 Å². The highest BCUT2D eigenvalue weighted by molar-refractivity contribution is 5.81.